The van der Waals surface area contributed by atoms with E-state index in [-0.39, 0.29) is 5.91 Å². The number of carbonyl (C=O) groups is 1. The third kappa shape index (κ3) is 3.58. The van der Waals surface area contributed by atoms with Crippen LogP contribution >= 0.6 is 11.8 Å². The van der Waals surface area contributed by atoms with Gasteiger partial charge >= 0.3 is 0 Å². The second-order valence-corrected chi connectivity index (χ2v) is 7.43. The molecule has 1 aromatic heterocycles. The first-order chi connectivity index (χ1) is 12.3. The Morgan fingerprint density at radius 3 is 2.60 bits per heavy atom. The maximum Gasteiger partial charge on any atom is 0.242 e. The van der Waals surface area contributed by atoms with E-state index in [0.717, 1.165) is 44.3 Å². The maximum absolute atomic E-state index is 12.8. The number of hydrogen-bond acceptors (Lipinski definition) is 5. The highest BCUT2D eigenvalue weighted by atomic mass is 32.2. The lowest BCUT2D eigenvalue weighted by Crippen LogP contribution is -2.52. The van der Waals surface area contributed by atoms with Crippen molar-refractivity contribution in [1.82, 2.24) is 9.88 Å². The second kappa shape index (κ2) is 7.35. The molecule has 1 amide bonds. The van der Waals surface area contributed by atoms with Crippen LogP contribution in [-0.2, 0) is 4.79 Å². The van der Waals surface area contributed by atoms with Crippen molar-refractivity contribution < 1.29 is 4.79 Å². The van der Waals surface area contributed by atoms with E-state index >= 15 is 0 Å². The van der Waals surface area contributed by atoms with Crippen LogP contribution < -0.4 is 9.80 Å². The van der Waals surface area contributed by atoms with Crippen molar-refractivity contribution in [1.29, 1.82) is 0 Å². The lowest BCUT2D eigenvalue weighted by atomic mass is 10.2. The Labute approximate surface area is 152 Å². The molecular formula is C19H22N4OS. The molecule has 2 aliphatic heterocycles. The highest BCUT2D eigenvalue weighted by Crippen LogP contribution is 2.34. The lowest BCUT2D eigenvalue weighted by molar-refractivity contribution is -0.130. The molecule has 4 rings (SSSR count). The van der Waals surface area contributed by atoms with Crippen molar-refractivity contribution in [3.63, 3.8) is 0 Å². The number of piperazine rings is 1. The number of amides is 1. The first-order valence-corrected chi connectivity index (χ1v) is 9.70. The van der Waals surface area contributed by atoms with E-state index in [4.69, 9.17) is 0 Å². The minimum atomic E-state index is 0.224. The molecule has 1 aromatic carbocycles. The van der Waals surface area contributed by atoms with Gasteiger partial charge in [-0.3, -0.25) is 4.79 Å². The Morgan fingerprint density at radius 1 is 1.00 bits per heavy atom. The van der Waals surface area contributed by atoms with Gasteiger partial charge in [-0.25, -0.2) is 4.98 Å². The Balaban J connectivity index is 1.36. The van der Waals surface area contributed by atoms with Gasteiger partial charge in [-0.05, 0) is 24.3 Å². The van der Waals surface area contributed by atoms with Gasteiger partial charge in [0.05, 0.1) is 12.2 Å². The van der Waals surface area contributed by atoms with E-state index < -0.39 is 0 Å². The van der Waals surface area contributed by atoms with Crippen LogP contribution in [0.4, 0.5) is 11.5 Å². The standard InChI is InChI=1S/C19H22N4OS/c24-19(15-23-13-14-25-17-6-2-1-5-16(17)23)22-11-9-21(10-12-22)18-7-3-4-8-20-18/h1-8H,9-15H2. The van der Waals surface area contributed by atoms with Gasteiger partial charge in [0.25, 0.3) is 0 Å². The Morgan fingerprint density at radius 2 is 1.80 bits per heavy atom. The summed E-state index contributed by atoms with van der Waals surface area (Å²) < 4.78 is 0. The number of thioether (sulfide) groups is 1. The van der Waals surface area contributed by atoms with Gasteiger partial charge in [-0.15, -0.1) is 11.8 Å². The van der Waals surface area contributed by atoms with Crippen molar-refractivity contribution in [2.75, 3.05) is 54.8 Å². The topological polar surface area (TPSA) is 39.7 Å². The number of hydrogen-bond donors (Lipinski definition) is 0. The van der Waals surface area contributed by atoms with Gasteiger partial charge < -0.3 is 14.7 Å². The number of para-hydroxylation sites is 1. The molecule has 1 saturated heterocycles. The average Bonchev–Trinajstić information content (AvgIpc) is 2.69. The van der Waals surface area contributed by atoms with Crippen molar-refractivity contribution in [3.05, 3.63) is 48.7 Å². The molecule has 0 bridgehead atoms. The molecule has 130 valence electrons. The molecule has 25 heavy (non-hydrogen) atoms. The number of benzene rings is 1. The summed E-state index contributed by atoms with van der Waals surface area (Å²) >= 11 is 1.87. The van der Waals surface area contributed by atoms with Crippen LogP contribution in [-0.4, -0.2) is 60.8 Å². The number of pyridine rings is 1. The molecule has 0 aliphatic carbocycles. The number of anilines is 2. The van der Waals surface area contributed by atoms with Gasteiger partial charge in [0, 0.05) is 49.6 Å². The van der Waals surface area contributed by atoms with E-state index in [1.807, 2.05) is 47.1 Å². The van der Waals surface area contributed by atoms with Gasteiger partial charge in [-0.2, -0.15) is 0 Å². The van der Waals surface area contributed by atoms with Gasteiger partial charge in [0.15, 0.2) is 0 Å². The minimum absolute atomic E-state index is 0.224. The van der Waals surface area contributed by atoms with Gasteiger partial charge in [0.1, 0.15) is 5.82 Å². The van der Waals surface area contributed by atoms with E-state index in [9.17, 15) is 4.79 Å². The van der Waals surface area contributed by atoms with Crippen LogP contribution in [0.25, 0.3) is 0 Å². The predicted molar refractivity (Wildman–Crippen MR) is 102 cm³/mol. The third-order valence-corrected chi connectivity index (χ3v) is 5.80. The summed E-state index contributed by atoms with van der Waals surface area (Å²) in [5.74, 6) is 2.26. The van der Waals surface area contributed by atoms with Crippen LogP contribution in [0.5, 0.6) is 0 Å². The average molecular weight is 354 g/mol. The van der Waals surface area contributed by atoms with Crippen LogP contribution in [0.15, 0.2) is 53.6 Å². The van der Waals surface area contributed by atoms with Crippen LogP contribution in [0, 0.1) is 0 Å². The summed E-state index contributed by atoms with van der Waals surface area (Å²) in [5.41, 5.74) is 1.19. The van der Waals surface area contributed by atoms with Gasteiger partial charge in [0.2, 0.25) is 5.91 Å². The molecule has 0 radical (unpaired) electrons. The molecular weight excluding hydrogens is 332 g/mol. The van der Waals surface area contributed by atoms with E-state index in [0.29, 0.717) is 6.54 Å². The highest BCUT2D eigenvalue weighted by Gasteiger charge is 2.25. The van der Waals surface area contributed by atoms with Crippen molar-refractivity contribution in [3.8, 4) is 0 Å². The summed E-state index contributed by atoms with van der Waals surface area (Å²) in [5, 5.41) is 0. The summed E-state index contributed by atoms with van der Waals surface area (Å²) in [6.45, 7) is 4.62. The number of aromatic nitrogens is 1. The second-order valence-electron chi connectivity index (χ2n) is 6.29. The van der Waals surface area contributed by atoms with Crippen LogP contribution in [0.3, 0.4) is 0 Å². The van der Waals surface area contributed by atoms with Crippen molar-refractivity contribution in [2.24, 2.45) is 0 Å². The largest absolute Gasteiger partial charge is 0.360 e. The number of rotatable bonds is 3. The normalized spacial score (nSPS) is 17.4. The summed E-state index contributed by atoms with van der Waals surface area (Å²) in [6, 6.07) is 14.3. The number of carbonyl (C=O) groups excluding carboxylic acids is 1. The molecule has 2 aliphatic rings. The number of nitrogens with zero attached hydrogens (tertiary/aromatic N) is 4. The zero-order valence-electron chi connectivity index (χ0n) is 14.2. The number of fused-ring (bicyclic) bond motifs is 1. The quantitative estimate of drug-likeness (QED) is 0.846. The fraction of sp³-hybridized carbons (Fsp3) is 0.368. The van der Waals surface area contributed by atoms with Crippen molar-refractivity contribution >= 4 is 29.2 Å². The van der Waals surface area contributed by atoms with Crippen LogP contribution in [0.1, 0.15) is 0 Å². The molecule has 6 heteroatoms. The molecule has 0 N–H and O–H groups in total. The van der Waals surface area contributed by atoms with E-state index in [1.165, 1.54) is 10.6 Å². The van der Waals surface area contributed by atoms with E-state index in [1.54, 1.807) is 0 Å². The third-order valence-electron chi connectivity index (χ3n) is 4.76. The molecule has 0 spiro atoms. The maximum atomic E-state index is 12.8. The highest BCUT2D eigenvalue weighted by molar-refractivity contribution is 7.99. The Bertz CT molecular complexity index is 731. The SMILES string of the molecule is O=C(CN1CCSc2ccccc21)N1CCN(c2ccccn2)CC1. The van der Waals surface area contributed by atoms with E-state index in [2.05, 4.69) is 33.0 Å². The van der Waals surface area contributed by atoms with Crippen molar-refractivity contribution in [2.45, 2.75) is 4.90 Å². The molecule has 3 heterocycles. The fourth-order valence-electron chi connectivity index (χ4n) is 3.38. The first-order valence-electron chi connectivity index (χ1n) is 8.72. The monoisotopic (exact) mass is 354 g/mol. The molecule has 0 atom stereocenters. The fourth-order valence-corrected chi connectivity index (χ4v) is 4.43. The van der Waals surface area contributed by atoms with Crippen LogP contribution in [0.2, 0.25) is 0 Å². The molecule has 2 aromatic rings. The predicted octanol–water partition coefficient (Wildman–Crippen LogP) is 2.34. The molecule has 5 nitrogen and oxygen atoms in total. The molecule has 1 fully saturated rings. The summed E-state index contributed by atoms with van der Waals surface area (Å²) in [6.07, 6.45) is 1.82. The molecule has 0 saturated carbocycles. The Hall–Kier alpha value is -2.21. The smallest absolute Gasteiger partial charge is 0.242 e. The Kier molecular flexibility index (Phi) is 4.78. The van der Waals surface area contributed by atoms with Gasteiger partial charge in [-0.1, -0.05) is 18.2 Å². The zero-order chi connectivity index (χ0) is 17.1. The minimum Gasteiger partial charge on any atom is -0.360 e. The summed E-state index contributed by atoms with van der Waals surface area (Å²) in [4.78, 5) is 24.9. The lowest BCUT2D eigenvalue weighted by Gasteiger charge is -2.37. The molecule has 0 unspecified atom stereocenters. The zero-order valence-corrected chi connectivity index (χ0v) is 15.0. The summed E-state index contributed by atoms with van der Waals surface area (Å²) in [7, 11) is 0. The first kappa shape index (κ1) is 16.3.